The highest BCUT2D eigenvalue weighted by atomic mass is 16.5. The van der Waals surface area contributed by atoms with Crippen molar-refractivity contribution in [1.82, 2.24) is 15.2 Å². The minimum absolute atomic E-state index is 0.148. The van der Waals surface area contributed by atoms with Crippen LogP contribution in [0.5, 0.6) is 5.75 Å². The van der Waals surface area contributed by atoms with Crippen LogP contribution in [-0.2, 0) is 0 Å². The quantitative estimate of drug-likeness (QED) is 0.868. The third kappa shape index (κ3) is 2.25. The second-order valence-electron chi connectivity index (χ2n) is 5.75. The second-order valence-corrected chi connectivity index (χ2v) is 5.75. The van der Waals surface area contributed by atoms with Gasteiger partial charge in [-0.2, -0.15) is 4.98 Å². The number of aromatic amines is 1. The Balaban J connectivity index is 1.55. The molecule has 0 aliphatic carbocycles. The van der Waals surface area contributed by atoms with E-state index in [1.54, 1.807) is 0 Å². The first-order valence-electron chi connectivity index (χ1n) is 7.46. The molecule has 1 aromatic heterocycles. The van der Waals surface area contributed by atoms with Crippen LogP contribution in [0.4, 0.5) is 5.95 Å². The van der Waals surface area contributed by atoms with Gasteiger partial charge in [0.2, 0.25) is 5.95 Å². The molecule has 6 heteroatoms. The van der Waals surface area contributed by atoms with Crippen molar-refractivity contribution in [1.29, 1.82) is 0 Å². The number of anilines is 1. The third-order valence-corrected chi connectivity index (χ3v) is 4.34. The van der Waals surface area contributed by atoms with Crippen molar-refractivity contribution in [2.45, 2.75) is 24.8 Å². The zero-order valence-electron chi connectivity index (χ0n) is 11.8. The van der Waals surface area contributed by atoms with E-state index in [9.17, 15) is 0 Å². The Bertz CT molecular complexity index is 632. The van der Waals surface area contributed by atoms with Crippen molar-refractivity contribution in [2.75, 3.05) is 24.6 Å². The molecule has 1 saturated heterocycles. The maximum Gasteiger partial charge on any atom is 0.244 e. The molecule has 0 bridgehead atoms. The number of H-pyrrole nitrogens is 1. The number of hydrogen-bond donors (Lipinski definition) is 2. The van der Waals surface area contributed by atoms with Gasteiger partial charge >= 0.3 is 0 Å². The first-order valence-corrected chi connectivity index (χ1v) is 7.46. The molecule has 0 spiro atoms. The average Bonchev–Trinajstić information content (AvgIpc) is 3.14. The first-order chi connectivity index (χ1) is 10.3. The van der Waals surface area contributed by atoms with E-state index in [1.807, 2.05) is 18.2 Å². The number of nitrogens with two attached hydrogens (primary N) is 1. The molecule has 1 fully saturated rings. The van der Waals surface area contributed by atoms with Gasteiger partial charge in [-0.05, 0) is 18.9 Å². The smallest absolute Gasteiger partial charge is 0.244 e. The van der Waals surface area contributed by atoms with Gasteiger partial charge in [0, 0.05) is 24.7 Å². The van der Waals surface area contributed by atoms with E-state index < -0.39 is 0 Å². The average molecular weight is 285 g/mol. The highest BCUT2D eigenvalue weighted by Gasteiger charge is 2.29. The molecule has 1 aromatic carbocycles. The summed E-state index contributed by atoms with van der Waals surface area (Å²) < 4.78 is 5.72. The molecule has 6 nitrogen and oxygen atoms in total. The second kappa shape index (κ2) is 5.04. The molecule has 2 aliphatic rings. The van der Waals surface area contributed by atoms with Gasteiger partial charge in [-0.25, -0.2) is 0 Å². The highest BCUT2D eigenvalue weighted by molar-refractivity contribution is 5.43. The fourth-order valence-corrected chi connectivity index (χ4v) is 3.05. The number of hydrogen-bond acceptors (Lipinski definition) is 5. The summed E-state index contributed by atoms with van der Waals surface area (Å²) in [4.78, 5) is 6.88. The minimum Gasteiger partial charge on any atom is -0.492 e. The molecule has 3 N–H and O–H groups in total. The van der Waals surface area contributed by atoms with Crippen molar-refractivity contribution >= 4 is 5.95 Å². The van der Waals surface area contributed by atoms with Crippen LogP contribution in [0.1, 0.15) is 30.1 Å². The van der Waals surface area contributed by atoms with Crippen molar-refractivity contribution in [3.63, 3.8) is 0 Å². The molecule has 1 unspecified atom stereocenters. The Hall–Kier alpha value is -2.08. The Morgan fingerprint density at radius 3 is 2.90 bits per heavy atom. The minimum atomic E-state index is 0.148. The molecule has 4 rings (SSSR count). The molecule has 2 aromatic rings. The Morgan fingerprint density at radius 2 is 2.05 bits per heavy atom. The number of ether oxygens (including phenoxy) is 1. The summed E-state index contributed by atoms with van der Waals surface area (Å²) in [6.07, 6.45) is 2.00. The van der Waals surface area contributed by atoms with E-state index in [0.29, 0.717) is 12.6 Å². The maximum atomic E-state index is 5.94. The van der Waals surface area contributed by atoms with Gasteiger partial charge in [0.05, 0.1) is 5.92 Å². The lowest BCUT2D eigenvalue weighted by Gasteiger charge is -2.28. The maximum absolute atomic E-state index is 5.94. The Labute approximate surface area is 123 Å². The predicted octanol–water partition coefficient (Wildman–Crippen LogP) is 1.26. The third-order valence-electron chi connectivity index (χ3n) is 4.34. The van der Waals surface area contributed by atoms with Crippen LogP contribution in [0.25, 0.3) is 0 Å². The highest BCUT2D eigenvalue weighted by Crippen LogP contribution is 2.36. The lowest BCUT2D eigenvalue weighted by Crippen LogP contribution is -2.40. The topological polar surface area (TPSA) is 80.1 Å². The number of para-hydroxylation sites is 1. The summed E-state index contributed by atoms with van der Waals surface area (Å²) in [5, 5.41) is 7.46. The van der Waals surface area contributed by atoms with E-state index in [-0.39, 0.29) is 5.92 Å². The van der Waals surface area contributed by atoms with E-state index in [0.717, 1.165) is 43.5 Å². The van der Waals surface area contributed by atoms with Crippen LogP contribution in [0, 0.1) is 0 Å². The molecule has 3 heterocycles. The van der Waals surface area contributed by atoms with Gasteiger partial charge < -0.3 is 15.4 Å². The van der Waals surface area contributed by atoms with E-state index in [2.05, 4.69) is 26.1 Å². The van der Waals surface area contributed by atoms with Crippen molar-refractivity contribution < 1.29 is 4.74 Å². The number of piperidine rings is 1. The van der Waals surface area contributed by atoms with Crippen LogP contribution in [0.3, 0.4) is 0 Å². The summed E-state index contributed by atoms with van der Waals surface area (Å²) in [7, 11) is 0. The molecule has 1 atom stereocenters. The zero-order valence-corrected chi connectivity index (χ0v) is 11.8. The summed E-state index contributed by atoms with van der Waals surface area (Å²) in [5.74, 6) is 2.75. The van der Waals surface area contributed by atoms with Gasteiger partial charge in [-0.15, -0.1) is 5.10 Å². The fraction of sp³-hybridized carbons (Fsp3) is 0.467. The number of aromatic nitrogens is 3. The largest absolute Gasteiger partial charge is 0.492 e. The monoisotopic (exact) mass is 285 g/mol. The molecule has 0 amide bonds. The van der Waals surface area contributed by atoms with E-state index in [1.165, 1.54) is 5.56 Å². The van der Waals surface area contributed by atoms with Crippen molar-refractivity contribution in [3.05, 3.63) is 35.7 Å². The first kappa shape index (κ1) is 12.6. The van der Waals surface area contributed by atoms with Gasteiger partial charge in [-0.1, -0.05) is 18.2 Å². The number of nitrogens with one attached hydrogen (secondary N) is 1. The number of nitrogens with zero attached hydrogens (tertiary/aromatic N) is 3. The van der Waals surface area contributed by atoms with Gasteiger partial charge in [0.25, 0.3) is 0 Å². The normalized spacial score (nSPS) is 22.1. The molecule has 110 valence electrons. The lowest BCUT2D eigenvalue weighted by atomic mass is 10.0. The Kier molecular flexibility index (Phi) is 3.03. The zero-order chi connectivity index (χ0) is 14.2. The van der Waals surface area contributed by atoms with Crippen molar-refractivity contribution in [3.8, 4) is 5.75 Å². The van der Waals surface area contributed by atoms with Crippen LogP contribution >= 0.6 is 0 Å². The predicted molar refractivity (Wildman–Crippen MR) is 79.6 cm³/mol. The number of fused-ring (bicyclic) bond motifs is 1. The molecule has 0 radical (unpaired) electrons. The summed E-state index contributed by atoms with van der Waals surface area (Å²) >= 11 is 0. The molecular formula is C15H19N5O. The van der Waals surface area contributed by atoms with Crippen LogP contribution < -0.4 is 15.4 Å². The summed E-state index contributed by atoms with van der Waals surface area (Å²) in [6.45, 7) is 2.48. The summed E-state index contributed by atoms with van der Waals surface area (Å²) in [5.41, 5.74) is 7.12. The molecule has 21 heavy (non-hydrogen) atoms. The van der Waals surface area contributed by atoms with Gasteiger partial charge in [0.15, 0.2) is 0 Å². The standard InChI is InChI=1S/C15H19N5O/c16-10-5-7-20(8-6-10)15-17-14(18-19-15)12-9-21-13-4-2-1-3-11(12)13/h1-4,10,12H,5-9,16H2,(H,17,18,19). The lowest BCUT2D eigenvalue weighted by molar-refractivity contribution is 0.340. The number of benzene rings is 1. The molecule has 2 aliphatic heterocycles. The molecular weight excluding hydrogens is 266 g/mol. The van der Waals surface area contributed by atoms with Crippen LogP contribution in [0.2, 0.25) is 0 Å². The SMILES string of the molecule is NC1CCN(c2n[nH]c(C3COc4ccccc43)n2)CC1. The van der Waals surface area contributed by atoms with Crippen LogP contribution in [-0.4, -0.2) is 40.9 Å². The summed E-state index contributed by atoms with van der Waals surface area (Å²) in [6, 6.07) is 8.43. The van der Waals surface area contributed by atoms with E-state index in [4.69, 9.17) is 10.5 Å². The molecule has 0 saturated carbocycles. The van der Waals surface area contributed by atoms with E-state index >= 15 is 0 Å². The van der Waals surface area contributed by atoms with Gasteiger partial charge in [-0.3, -0.25) is 5.10 Å². The Morgan fingerprint density at radius 1 is 1.24 bits per heavy atom. The van der Waals surface area contributed by atoms with Crippen molar-refractivity contribution in [2.24, 2.45) is 5.73 Å². The van der Waals surface area contributed by atoms with Crippen LogP contribution in [0.15, 0.2) is 24.3 Å². The fourth-order valence-electron chi connectivity index (χ4n) is 3.05. The van der Waals surface area contributed by atoms with Gasteiger partial charge in [0.1, 0.15) is 18.2 Å². The number of rotatable bonds is 2.